The van der Waals surface area contributed by atoms with Crippen molar-refractivity contribution in [3.8, 4) is 0 Å². The molecule has 2 aromatic carbocycles. The number of hydrogen-bond donors (Lipinski definition) is 1. The quantitative estimate of drug-likeness (QED) is 0.690. The zero-order chi connectivity index (χ0) is 15.9. The zero-order valence-electron chi connectivity index (χ0n) is 11.9. The van der Waals surface area contributed by atoms with Crippen LogP contribution in [0.25, 0.3) is 6.08 Å². The number of esters is 1. The Balaban J connectivity index is 2.06. The predicted molar refractivity (Wildman–Crippen MR) is 86.9 cm³/mol. The van der Waals surface area contributed by atoms with Gasteiger partial charge in [0, 0.05) is 16.8 Å². The topological polar surface area (TPSA) is 55.4 Å². The first-order valence-electron chi connectivity index (χ1n) is 6.52. The zero-order valence-corrected chi connectivity index (χ0v) is 12.6. The molecule has 0 heterocycles. The van der Waals surface area contributed by atoms with Crippen molar-refractivity contribution >= 4 is 35.2 Å². The standard InChI is InChI=1S/C17H14ClNO3/c1-22-17(21)13-6-4-7-14(11-13)19-16(20)10-9-12-5-2-3-8-15(12)18/h2-11H,1H3,(H,19,20). The summed E-state index contributed by atoms with van der Waals surface area (Å²) in [4.78, 5) is 23.3. The van der Waals surface area contributed by atoms with E-state index in [1.165, 1.54) is 13.2 Å². The van der Waals surface area contributed by atoms with Crippen LogP contribution in [0.5, 0.6) is 0 Å². The number of halogens is 1. The highest BCUT2D eigenvalue weighted by molar-refractivity contribution is 6.32. The number of ether oxygens (including phenoxy) is 1. The van der Waals surface area contributed by atoms with Gasteiger partial charge in [0.05, 0.1) is 12.7 Å². The summed E-state index contributed by atoms with van der Waals surface area (Å²) in [7, 11) is 1.31. The maximum atomic E-state index is 11.9. The monoisotopic (exact) mass is 315 g/mol. The summed E-state index contributed by atoms with van der Waals surface area (Å²) in [6.45, 7) is 0. The molecule has 1 N–H and O–H groups in total. The van der Waals surface area contributed by atoms with Crippen LogP contribution in [0.2, 0.25) is 5.02 Å². The Labute approximate surface area is 133 Å². The van der Waals surface area contributed by atoms with Gasteiger partial charge in [-0.1, -0.05) is 35.9 Å². The molecule has 5 heteroatoms. The highest BCUT2D eigenvalue weighted by Crippen LogP contribution is 2.16. The minimum Gasteiger partial charge on any atom is -0.465 e. The van der Waals surface area contributed by atoms with Crippen molar-refractivity contribution in [2.24, 2.45) is 0 Å². The van der Waals surface area contributed by atoms with Crippen LogP contribution in [0.3, 0.4) is 0 Å². The molecule has 2 rings (SSSR count). The van der Waals surface area contributed by atoms with Crippen molar-refractivity contribution in [1.29, 1.82) is 0 Å². The van der Waals surface area contributed by atoms with E-state index in [-0.39, 0.29) is 5.91 Å². The lowest BCUT2D eigenvalue weighted by atomic mass is 10.2. The second-order valence-electron chi connectivity index (χ2n) is 4.42. The molecule has 0 aliphatic carbocycles. The van der Waals surface area contributed by atoms with Crippen molar-refractivity contribution < 1.29 is 14.3 Å². The minimum atomic E-state index is -0.456. The molecule has 0 atom stereocenters. The molecular weight excluding hydrogens is 302 g/mol. The van der Waals surface area contributed by atoms with Gasteiger partial charge >= 0.3 is 5.97 Å². The van der Waals surface area contributed by atoms with Gasteiger partial charge in [-0.3, -0.25) is 4.79 Å². The Bertz CT molecular complexity index is 725. The van der Waals surface area contributed by atoms with E-state index in [0.717, 1.165) is 5.56 Å². The maximum Gasteiger partial charge on any atom is 0.337 e. The van der Waals surface area contributed by atoms with Crippen LogP contribution in [0.1, 0.15) is 15.9 Å². The van der Waals surface area contributed by atoms with Gasteiger partial charge in [0.15, 0.2) is 0 Å². The fourth-order valence-corrected chi connectivity index (χ4v) is 2.00. The lowest BCUT2D eigenvalue weighted by molar-refractivity contribution is -0.111. The average molecular weight is 316 g/mol. The molecule has 0 unspecified atom stereocenters. The number of benzene rings is 2. The molecule has 0 saturated carbocycles. The van der Waals surface area contributed by atoms with Crippen molar-refractivity contribution in [3.05, 3.63) is 70.8 Å². The number of amides is 1. The first-order valence-corrected chi connectivity index (χ1v) is 6.90. The summed E-state index contributed by atoms with van der Waals surface area (Å²) in [5, 5.41) is 3.24. The fourth-order valence-electron chi connectivity index (χ4n) is 1.80. The lowest BCUT2D eigenvalue weighted by Gasteiger charge is -2.04. The molecule has 0 radical (unpaired) electrons. The smallest absolute Gasteiger partial charge is 0.337 e. The Morgan fingerprint density at radius 2 is 1.91 bits per heavy atom. The molecule has 0 bridgehead atoms. The summed E-state index contributed by atoms with van der Waals surface area (Å²) in [5.41, 5.74) is 1.63. The summed E-state index contributed by atoms with van der Waals surface area (Å²) >= 11 is 6.01. The Morgan fingerprint density at radius 3 is 2.64 bits per heavy atom. The van der Waals surface area contributed by atoms with Crippen LogP contribution in [-0.4, -0.2) is 19.0 Å². The third-order valence-electron chi connectivity index (χ3n) is 2.87. The maximum absolute atomic E-state index is 11.9. The predicted octanol–water partition coefficient (Wildman–Crippen LogP) is 3.78. The third kappa shape index (κ3) is 4.20. The van der Waals surface area contributed by atoms with Gasteiger partial charge in [0.25, 0.3) is 0 Å². The Kier molecular flexibility index (Phi) is 5.33. The van der Waals surface area contributed by atoms with Crippen LogP contribution in [0.15, 0.2) is 54.6 Å². The number of methoxy groups -OCH3 is 1. The highest BCUT2D eigenvalue weighted by Gasteiger charge is 2.06. The molecular formula is C17H14ClNO3. The van der Waals surface area contributed by atoms with Gasteiger partial charge in [-0.05, 0) is 35.9 Å². The molecule has 0 aliphatic rings. The van der Waals surface area contributed by atoms with Crippen molar-refractivity contribution in [3.63, 3.8) is 0 Å². The van der Waals surface area contributed by atoms with Gasteiger partial charge < -0.3 is 10.1 Å². The van der Waals surface area contributed by atoms with Gasteiger partial charge in [-0.25, -0.2) is 4.79 Å². The molecule has 0 aromatic heterocycles. The average Bonchev–Trinajstić information content (AvgIpc) is 2.53. The first kappa shape index (κ1) is 15.8. The summed E-state index contributed by atoms with van der Waals surface area (Å²) in [6.07, 6.45) is 3.01. The summed E-state index contributed by atoms with van der Waals surface area (Å²) in [6, 6.07) is 13.7. The van der Waals surface area contributed by atoms with E-state index in [1.807, 2.05) is 18.2 Å². The largest absolute Gasteiger partial charge is 0.465 e. The van der Waals surface area contributed by atoms with Crippen LogP contribution in [0, 0.1) is 0 Å². The number of carbonyl (C=O) groups excluding carboxylic acids is 2. The van der Waals surface area contributed by atoms with E-state index in [9.17, 15) is 9.59 Å². The van der Waals surface area contributed by atoms with E-state index in [1.54, 1.807) is 36.4 Å². The first-order chi connectivity index (χ1) is 10.6. The van der Waals surface area contributed by atoms with Crippen molar-refractivity contribution in [2.45, 2.75) is 0 Å². The van der Waals surface area contributed by atoms with E-state index in [2.05, 4.69) is 10.1 Å². The minimum absolute atomic E-state index is 0.318. The second-order valence-corrected chi connectivity index (χ2v) is 4.82. The van der Waals surface area contributed by atoms with Gasteiger partial charge in [0.1, 0.15) is 0 Å². The van der Waals surface area contributed by atoms with Crippen LogP contribution < -0.4 is 5.32 Å². The van der Waals surface area contributed by atoms with Crippen LogP contribution in [0.4, 0.5) is 5.69 Å². The van der Waals surface area contributed by atoms with Gasteiger partial charge in [0.2, 0.25) is 5.91 Å². The number of nitrogens with one attached hydrogen (secondary N) is 1. The summed E-state index contributed by atoms with van der Waals surface area (Å²) in [5.74, 6) is -0.773. The van der Waals surface area contributed by atoms with Crippen LogP contribution >= 0.6 is 11.6 Å². The van der Waals surface area contributed by atoms with Crippen molar-refractivity contribution in [1.82, 2.24) is 0 Å². The molecule has 0 fully saturated rings. The molecule has 0 aliphatic heterocycles. The molecule has 2 aromatic rings. The lowest BCUT2D eigenvalue weighted by Crippen LogP contribution is -2.09. The van der Waals surface area contributed by atoms with E-state index < -0.39 is 5.97 Å². The molecule has 4 nitrogen and oxygen atoms in total. The normalized spacial score (nSPS) is 10.5. The van der Waals surface area contributed by atoms with Crippen molar-refractivity contribution in [2.75, 3.05) is 12.4 Å². The molecule has 0 saturated heterocycles. The Hall–Kier alpha value is -2.59. The molecule has 0 spiro atoms. The summed E-state index contributed by atoms with van der Waals surface area (Å²) < 4.78 is 4.63. The molecule has 22 heavy (non-hydrogen) atoms. The van der Waals surface area contributed by atoms with E-state index in [0.29, 0.717) is 16.3 Å². The third-order valence-corrected chi connectivity index (χ3v) is 3.21. The number of hydrogen-bond acceptors (Lipinski definition) is 3. The van der Waals surface area contributed by atoms with E-state index >= 15 is 0 Å². The van der Waals surface area contributed by atoms with Gasteiger partial charge in [-0.2, -0.15) is 0 Å². The van der Waals surface area contributed by atoms with Gasteiger partial charge in [-0.15, -0.1) is 0 Å². The SMILES string of the molecule is COC(=O)c1cccc(NC(=O)C=Cc2ccccc2Cl)c1. The Morgan fingerprint density at radius 1 is 1.14 bits per heavy atom. The second kappa shape index (κ2) is 7.43. The molecule has 1 amide bonds. The fraction of sp³-hybridized carbons (Fsp3) is 0.0588. The van der Waals surface area contributed by atoms with E-state index in [4.69, 9.17) is 11.6 Å². The molecule has 112 valence electrons. The number of carbonyl (C=O) groups is 2. The number of rotatable bonds is 4. The number of anilines is 1. The highest BCUT2D eigenvalue weighted by atomic mass is 35.5. The van der Waals surface area contributed by atoms with Crippen LogP contribution in [-0.2, 0) is 9.53 Å².